The van der Waals surface area contributed by atoms with E-state index >= 15 is 4.39 Å². The lowest BCUT2D eigenvalue weighted by atomic mass is 9.77. The van der Waals surface area contributed by atoms with Crippen molar-refractivity contribution in [2.75, 3.05) is 29.9 Å². The molecule has 5 rings (SSSR count). The Labute approximate surface area is 225 Å². The Hall–Kier alpha value is -3.54. The van der Waals surface area contributed by atoms with Crippen molar-refractivity contribution >= 4 is 17.3 Å². The molecule has 2 heterocycles. The number of carbonyl (C=O) groups excluding carboxylic acids is 1. The lowest BCUT2D eigenvalue weighted by molar-refractivity contribution is 0.0224. The highest BCUT2D eigenvalue weighted by Gasteiger charge is 2.53. The third kappa shape index (κ3) is 4.50. The van der Waals surface area contributed by atoms with Gasteiger partial charge in [0.25, 0.3) is 0 Å². The fraction of sp³-hybridized carbons (Fsp3) is 0.406. The van der Waals surface area contributed by atoms with Crippen LogP contribution in [-0.4, -0.2) is 25.6 Å². The van der Waals surface area contributed by atoms with Gasteiger partial charge in [0.05, 0.1) is 11.3 Å². The van der Waals surface area contributed by atoms with E-state index < -0.39 is 11.6 Å². The minimum Gasteiger partial charge on any atom is -0.456 e. The zero-order valence-corrected chi connectivity index (χ0v) is 22.6. The van der Waals surface area contributed by atoms with Gasteiger partial charge in [-0.2, -0.15) is 0 Å². The number of hydrogen-bond acceptors (Lipinski definition) is 5. The van der Waals surface area contributed by atoms with E-state index in [1.54, 1.807) is 12.1 Å². The topological polar surface area (TPSA) is 50.8 Å². The molecule has 0 saturated heterocycles. The molecule has 3 aromatic carbocycles. The summed E-state index contributed by atoms with van der Waals surface area (Å²) in [6.45, 7) is 8.78. The number of halogens is 1. The molecule has 0 amide bonds. The van der Waals surface area contributed by atoms with Crippen LogP contribution in [0.25, 0.3) is 0 Å². The Morgan fingerprint density at radius 3 is 2.37 bits per heavy atom. The average Bonchev–Trinajstić information content (AvgIpc) is 3.22. The van der Waals surface area contributed by atoms with Crippen molar-refractivity contribution in [3.05, 3.63) is 82.7 Å². The molecule has 1 N–H and O–H groups in total. The number of benzene rings is 3. The summed E-state index contributed by atoms with van der Waals surface area (Å²) in [5.74, 6) is 0.156. The number of unbranched alkanes of at least 4 members (excludes halogenated alkanes) is 5. The summed E-state index contributed by atoms with van der Waals surface area (Å²) < 4.78 is 27.9. The Morgan fingerprint density at radius 2 is 1.58 bits per heavy atom. The molecule has 0 aliphatic carbocycles. The highest BCUT2D eigenvalue weighted by Crippen LogP contribution is 2.57. The van der Waals surface area contributed by atoms with Gasteiger partial charge in [0.2, 0.25) is 0 Å². The van der Waals surface area contributed by atoms with Gasteiger partial charge in [-0.3, -0.25) is 0 Å². The molecule has 200 valence electrons. The smallest absolute Gasteiger partial charge is 0.340 e. The predicted molar refractivity (Wildman–Crippen MR) is 150 cm³/mol. The van der Waals surface area contributed by atoms with E-state index in [2.05, 4.69) is 31.0 Å². The molecule has 2 aliphatic rings. The number of anilines is 2. The van der Waals surface area contributed by atoms with Gasteiger partial charge in [-0.1, -0.05) is 57.2 Å². The minimum atomic E-state index is -1.21. The molecule has 2 aliphatic heterocycles. The maximum atomic E-state index is 15.3. The van der Waals surface area contributed by atoms with Gasteiger partial charge in [-0.15, -0.1) is 0 Å². The fourth-order valence-electron chi connectivity index (χ4n) is 5.73. The maximum absolute atomic E-state index is 15.3. The number of esters is 1. The normalized spacial score (nSPS) is 16.9. The molecule has 3 aromatic rings. The van der Waals surface area contributed by atoms with Crippen LogP contribution in [-0.2, 0) is 10.3 Å². The number of nitrogens with zero attached hydrogens (tertiary/aromatic N) is 1. The second kappa shape index (κ2) is 11.1. The molecule has 0 bridgehead atoms. The van der Waals surface area contributed by atoms with Crippen LogP contribution in [0.1, 0.15) is 86.3 Å². The van der Waals surface area contributed by atoms with Crippen LogP contribution in [0.5, 0.6) is 11.5 Å². The molecule has 38 heavy (non-hydrogen) atoms. The first kappa shape index (κ1) is 26.1. The van der Waals surface area contributed by atoms with Crippen LogP contribution in [0.2, 0.25) is 0 Å². The van der Waals surface area contributed by atoms with E-state index in [1.807, 2.05) is 36.4 Å². The second-order valence-corrected chi connectivity index (χ2v) is 10.1. The first-order valence-electron chi connectivity index (χ1n) is 14.0. The number of hydrogen-bond donors (Lipinski definition) is 1. The van der Waals surface area contributed by atoms with E-state index in [1.165, 1.54) is 31.7 Å². The Kier molecular flexibility index (Phi) is 7.59. The predicted octanol–water partition coefficient (Wildman–Crippen LogP) is 8.01. The van der Waals surface area contributed by atoms with Gasteiger partial charge in [0.15, 0.2) is 5.60 Å². The largest absolute Gasteiger partial charge is 0.456 e. The molecule has 6 heteroatoms. The number of fused-ring (bicyclic) bond motifs is 6. The zero-order valence-electron chi connectivity index (χ0n) is 22.6. The van der Waals surface area contributed by atoms with Crippen LogP contribution in [0.3, 0.4) is 0 Å². The summed E-state index contributed by atoms with van der Waals surface area (Å²) in [6.07, 6.45) is 6.99. The highest BCUT2D eigenvalue weighted by molar-refractivity contribution is 5.97. The SMILES string of the molecule is CCCCCCCCNc1cc2c(cc1F)Oc1cc(N(CC)CC)ccc1C21OC(=O)c2ccccc21. The lowest BCUT2D eigenvalue weighted by Crippen LogP contribution is -2.33. The summed E-state index contributed by atoms with van der Waals surface area (Å²) in [6, 6.07) is 16.6. The molecule has 0 radical (unpaired) electrons. The Balaban J connectivity index is 1.55. The molecule has 1 spiro atoms. The first-order chi connectivity index (χ1) is 18.5. The molecule has 1 unspecified atom stereocenters. The van der Waals surface area contributed by atoms with Crippen LogP contribution in [0, 0.1) is 5.82 Å². The maximum Gasteiger partial charge on any atom is 0.340 e. The summed E-state index contributed by atoms with van der Waals surface area (Å²) in [5.41, 5.74) is 2.83. The molecule has 0 aromatic heterocycles. The van der Waals surface area contributed by atoms with Crippen LogP contribution in [0.4, 0.5) is 15.8 Å². The van der Waals surface area contributed by atoms with Crippen molar-refractivity contribution in [1.29, 1.82) is 0 Å². The van der Waals surface area contributed by atoms with E-state index in [-0.39, 0.29) is 5.82 Å². The second-order valence-electron chi connectivity index (χ2n) is 10.1. The van der Waals surface area contributed by atoms with E-state index in [4.69, 9.17) is 9.47 Å². The van der Waals surface area contributed by atoms with E-state index in [0.29, 0.717) is 34.9 Å². The third-order valence-electron chi connectivity index (χ3n) is 7.76. The monoisotopic (exact) mass is 516 g/mol. The molecular formula is C32H37FN2O3. The van der Waals surface area contributed by atoms with Crippen LogP contribution < -0.4 is 15.0 Å². The molecule has 5 nitrogen and oxygen atoms in total. The highest BCUT2D eigenvalue weighted by atomic mass is 19.1. The van der Waals surface area contributed by atoms with Gasteiger partial charge in [0.1, 0.15) is 17.3 Å². The summed E-state index contributed by atoms with van der Waals surface area (Å²) in [7, 11) is 0. The van der Waals surface area contributed by atoms with Gasteiger partial charge >= 0.3 is 5.97 Å². The van der Waals surface area contributed by atoms with Crippen LogP contribution >= 0.6 is 0 Å². The number of ether oxygens (including phenoxy) is 2. The van der Waals surface area contributed by atoms with Crippen molar-refractivity contribution in [3.8, 4) is 11.5 Å². The van der Waals surface area contributed by atoms with E-state index in [9.17, 15) is 4.79 Å². The van der Waals surface area contributed by atoms with Gasteiger partial charge in [0, 0.05) is 54.1 Å². The Morgan fingerprint density at radius 1 is 0.842 bits per heavy atom. The first-order valence-corrected chi connectivity index (χ1v) is 14.0. The average molecular weight is 517 g/mol. The van der Waals surface area contributed by atoms with Crippen molar-refractivity contribution < 1.29 is 18.7 Å². The minimum absolute atomic E-state index is 0.362. The third-order valence-corrected chi connectivity index (χ3v) is 7.76. The van der Waals surface area contributed by atoms with Crippen molar-refractivity contribution in [2.45, 2.75) is 64.9 Å². The molecule has 1 atom stereocenters. The summed E-state index contributed by atoms with van der Waals surface area (Å²) in [4.78, 5) is 15.4. The molecule has 0 fully saturated rings. The van der Waals surface area contributed by atoms with Crippen LogP contribution in [0.15, 0.2) is 54.6 Å². The van der Waals surface area contributed by atoms with Gasteiger partial charge < -0.3 is 19.7 Å². The zero-order chi connectivity index (χ0) is 26.7. The van der Waals surface area contributed by atoms with Gasteiger partial charge in [-0.05, 0) is 44.5 Å². The quantitative estimate of drug-likeness (QED) is 0.207. The standard InChI is InChI=1S/C32H37FN2O3/c1-4-7-8-9-10-13-18-34-28-20-26-30(21-27(28)33)37-29-19-22(35(5-2)6-3)16-17-25(29)32(26)24-15-12-11-14-23(24)31(36)38-32/h11-12,14-17,19-21,34H,4-10,13,18H2,1-3H3. The van der Waals surface area contributed by atoms with E-state index in [0.717, 1.165) is 42.7 Å². The summed E-state index contributed by atoms with van der Waals surface area (Å²) >= 11 is 0. The van der Waals surface area contributed by atoms with Crippen molar-refractivity contribution in [2.24, 2.45) is 0 Å². The molecule has 0 saturated carbocycles. The molecular weight excluding hydrogens is 479 g/mol. The number of nitrogens with one attached hydrogen (secondary N) is 1. The number of carbonyl (C=O) groups is 1. The Bertz CT molecular complexity index is 1320. The fourth-order valence-corrected chi connectivity index (χ4v) is 5.73. The number of rotatable bonds is 11. The van der Waals surface area contributed by atoms with Gasteiger partial charge in [-0.25, -0.2) is 9.18 Å². The van der Waals surface area contributed by atoms with Crippen molar-refractivity contribution in [3.63, 3.8) is 0 Å². The summed E-state index contributed by atoms with van der Waals surface area (Å²) in [5, 5.41) is 3.28. The van der Waals surface area contributed by atoms with Crippen molar-refractivity contribution in [1.82, 2.24) is 0 Å². The lowest BCUT2D eigenvalue weighted by Gasteiger charge is -2.37.